The Bertz CT molecular complexity index is 529. The highest BCUT2D eigenvalue weighted by Gasteiger charge is 2.10. The van der Waals surface area contributed by atoms with Crippen LogP contribution in [-0.4, -0.2) is 33.8 Å². The molecule has 1 aromatic carbocycles. The summed E-state index contributed by atoms with van der Waals surface area (Å²) in [4.78, 5) is 0. The SMILES string of the molecule is Cc1[nH]nc2cc(NCC(O)CCl)cc(F)c12. The van der Waals surface area contributed by atoms with E-state index in [0.717, 1.165) is 0 Å². The van der Waals surface area contributed by atoms with E-state index in [1.165, 1.54) is 6.07 Å². The summed E-state index contributed by atoms with van der Waals surface area (Å²) in [5.41, 5.74) is 1.83. The largest absolute Gasteiger partial charge is 0.390 e. The van der Waals surface area contributed by atoms with Gasteiger partial charge in [0.05, 0.1) is 22.9 Å². The molecule has 4 nitrogen and oxygen atoms in total. The average Bonchev–Trinajstić information content (AvgIpc) is 2.68. The van der Waals surface area contributed by atoms with Crippen LogP contribution in [0.15, 0.2) is 12.1 Å². The van der Waals surface area contributed by atoms with Gasteiger partial charge in [-0.1, -0.05) is 0 Å². The Morgan fingerprint density at radius 3 is 3.06 bits per heavy atom. The first-order valence-electron chi connectivity index (χ1n) is 5.24. The lowest BCUT2D eigenvalue weighted by Gasteiger charge is -2.10. The third kappa shape index (κ3) is 2.50. The fourth-order valence-electron chi connectivity index (χ4n) is 1.64. The van der Waals surface area contributed by atoms with Gasteiger partial charge in [-0.05, 0) is 19.1 Å². The highest BCUT2D eigenvalue weighted by Crippen LogP contribution is 2.23. The lowest BCUT2D eigenvalue weighted by molar-refractivity contribution is 0.211. The molecule has 2 rings (SSSR count). The van der Waals surface area contributed by atoms with Gasteiger partial charge in [-0.15, -0.1) is 11.6 Å². The molecule has 92 valence electrons. The first-order valence-corrected chi connectivity index (χ1v) is 5.77. The smallest absolute Gasteiger partial charge is 0.136 e. The maximum atomic E-state index is 13.8. The van der Waals surface area contributed by atoms with Gasteiger partial charge in [0.2, 0.25) is 0 Å². The monoisotopic (exact) mass is 257 g/mol. The van der Waals surface area contributed by atoms with Crippen molar-refractivity contribution < 1.29 is 9.50 Å². The van der Waals surface area contributed by atoms with Crippen molar-refractivity contribution in [3.8, 4) is 0 Å². The fraction of sp³-hybridized carbons (Fsp3) is 0.364. The third-order valence-electron chi connectivity index (χ3n) is 2.51. The summed E-state index contributed by atoms with van der Waals surface area (Å²) in [6.07, 6.45) is -0.656. The topological polar surface area (TPSA) is 60.9 Å². The van der Waals surface area contributed by atoms with E-state index in [9.17, 15) is 9.50 Å². The summed E-state index contributed by atoms with van der Waals surface area (Å²) in [7, 11) is 0. The minimum atomic E-state index is -0.656. The van der Waals surface area contributed by atoms with Gasteiger partial charge in [-0.2, -0.15) is 5.10 Å². The Labute approximate surface area is 103 Å². The second-order valence-electron chi connectivity index (χ2n) is 3.89. The molecule has 0 aliphatic rings. The van der Waals surface area contributed by atoms with E-state index in [-0.39, 0.29) is 18.2 Å². The van der Waals surface area contributed by atoms with Crippen molar-refractivity contribution in [2.45, 2.75) is 13.0 Å². The van der Waals surface area contributed by atoms with Gasteiger partial charge in [-0.25, -0.2) is 4.39 Å². The van der Waals surface area contributed by atoms with Crippen LogP contribution in [0.3, 0.4) is 0 Å². The first kappa shape index (κ1) is 12.1. The summed E-state index contributed by atoms with van der Waals surface area (Å²) in [6, 6.07) is 3.11. The van der Waals surface area contributed by atoms with Crippen LogP contribution in [0.1, 0.15) is 5.69 Å². The van der Waals surface area contributed by atoms with Gasteiger partial charge in [0, 0.05) is 17.9 Å². The van der Waals surface area contributed by atoms with Gasteiger partial charge >= 0.3 is 0 Å². The summed E-state index contributed by atoms with van der Waals surface area (Å²) < 4.78 is 13.8. The molecular formula is C11H13ClFN3O. The molecular weight excluding hydrogens is 245 g/mol. The Kier molecular flexibility index (Phi) is 3.49. The number of benzene rings is 1. The number of hydrogen-bond acceptors (Lipinski definition) is 3. The van der Waals surface area contributed by atoms with Crippen LogP contribution in [-0.2, 0) is 0 Å². The fourth-order valence-corrected chi connectivity index (χ4v) is 1.75. The van der Waals surface area contributed by atoms with Gasteiger partial charge in [0.15, 0.2) is 0 Å². The number of fused-ring (bicyclic) bond motifs is 1. The van der Waals surface area contributed by atoms with Gasteiger partial charge in [0.25, 0.3) is 0 Å². The van der Waals surface area contributed by atoms with Crippen LogP contribution in [0.4, 0.5) is 10.1 Å². The van der Waals surface area contributed by atoms with Gasteiger partial charge < -0.3 is 10.4 Å². The molecule has 0 bridgehead atoms. The molecule has 6 heteroatoms. The van der Waals surface area contributed by atoms with Crippen LogP contribution >= 0.6 is 11.6 Å². The minimum Gasteiger partial charge on any atom is -0.390 e. The van der Waals surface area contributed by atoms with Crippen LogP contribution in [0.25, 0.3) is 10.9 Å². The molecule has 0 saturated carbocycles. The molecule has 1 aromatic heterocycles. The summed E-state index contributed by atoms with van der Waals surface area (Å²) in [5, 5.41) is 19.4. The number of halogens is 2. The Morgan fingerprint density at radius 2 is 2.35 bits per heavy atom. The second-order valence-corrected chi connectivity index (χ2v) is 4.20. The zero-order valence-corrected chi connectivity index (χ0v) is 10.1. The lowest BCUT2D eigenvalue weighted by Crippen LogP contribution is -2.20. The molecule has 0 radical (unpaired) electrons. The molecule has 0 fully saturated rings. The summed E-state index contributed by atoms with van der Waals surface area (Å²) in [6.45, 7) is 2.04. The van der Waals surface area contributed by atoms with Crippen molar-refractivity contribution in [3.63, 3.8) is 0 Å². The maximum absolute atomic E-state index is 13.8. The molecule has 0 aliphatic carbocycles. The predicted molar refractivity (Wildman–Crippen MR) is 66.0 cm³/mol. The van der Waals surface area contributed by atoms with E-state index in [1.54, 1.807) is 13.0 Å². The minimum absolute atomic E-state index is 0.138. The van der Waals surface area contributed by atoms with Crippen LogP contribution in [0.2, 0.25) is 0 Å². The first-order chi connectivity index (χ1) is 8.11. The quantitative estimate of drug-likeness (QED) is 0.735. The molecule has 0 saturated heterocycles. The Hall–Kier alpha value is -1.33. The zero-order valence-electron chi connectivity index (χ0n) is 9.30. The number of alkyl halides is 1. The summed E-state index contributed by atoms with van der Waals surface area (Å²) >= 11 is 5.47. The number of rotatable bonds is 4. The molecule has 2 aromatic rings. The molecule has 0 amide bonds. The molecule has 1 atom stereocenters. The number of aliphatic hydroxyl groups is 1. The molecule has 0 spiro atoms. The lowest BCUT2D eigenvalue weighted by atomic mass is 10.2. The standard InChI is InChI=1S/C11H13ClFN3O/c1-6-11-9(13)2-7(3-10(11)16-15-6)14-5-8(17)4-12/h2-3,8,14,17H,4-5H2,1H3,(H,15,16). The van der Waals surface area contributed by atoms with E-state index >= 15 is 0 Å². The number of aliphatic hydroxyl groups excluding tert-OH is 1. The highest BCUT2D eigenvalue weighted by atomic mass is 35.5. The molecule has 17 heavy (non-hydrogen) atoms. The number of aromatic nitrogens is 2. The van der Waals surface area contributed by atoms with E-state index in [4.69, 9.17) is 11.6 Å². The number of nitrogens with zero attached hydrogens (tertiary/aromatic N) is 1. The summed E-state index contributed by atoms with van der Waals surface area (Å²) in [5.74, 6) is -0.198. The van der Waals surface area contributed by atoms with E-state index in [0.29, 0.717) is 22.3 Å². The number of anilines is 1. The molecule has 3 N–H and O–H groups in total. The zero-order chi connectivity index (χ0) is 12.4. The number of hydrogen-bond donors (Lipinski definition) is 3. The number of aromatic amines is 1. The van der Waals surface area contributed by atoms with Crippen LogP contribution in [0.5, 0.6) is 0 Å². The number of nitrogens with one attached hydrogen (secondary N) is 2. The van der Waals surface area contributed by atoms with Crippen molar-refractivity contribution in [2.75, 3.05) is 17.7 Å². The van der Waals surface area contributed by atoms with Crippen LogP contribution < -0.4 is 5.32 Å². The van der Waals surface area contributed by atoms with Crippen molar-refractivity contribution in [2.24, 2.45) is 0 Å². The molecule has 0 aliphatic heterocycles. The number of aryl methyl sites for hydroxylation is 1. The molecule has 1 unspecified atom stereocenters. The average molecular weight is 258 g/mol. The van der Waals surface area contributed by atoms with E-state index in [1.807, 2.05) is 0 Å². The van der Waals surface area contributed by atoms with Crippen molar-refractivity contribution in [3.05, 3.63) is 23.6 Å². The van der Waals surface area contributed by atoms with Crippen molar-refractivity contribution in [1.82, 2.24) is 10.2 Å². The third-order valence-corrected chi connectivity index (χ3v) is 2.86. The van der Waals surface area contributed by atoms with Crippen molar-refractivity contribution >= 4 is 28.2 Å². The normalized spacial score (nSPS) is 12.9. The molecule has 1 heterocycles. The van der Waals surface area contributed by atoms with Gasteiger partial charge in [0.1, 0.15) is 5.82 Å². The van der Waals surface area contributed by atoms with Crippen LogP contribution in [0, 0.1) is 12.7 Å². The predicted octanol–water partition coefficient (Wildman–Crippen LogP) is 2.02. The van der Waals surface area contributed by atoms with E-state index in [2.05, 4.69) is 15.5 Å². The van der Waals surface area contributed by atoms with E-state index < -0.39 is 6.10 Å². The van der Waals surface area contributed by atoms with Crippen molar-refractivity contribution in [1.29, 1.82) is 0 Å². The second kappa shape index (κ2) is 4.89. The Morgan fingerprint density at radius 1 is 1.59 bits per heavy atom. The Balaban J connectivity index is 2.25. The number of H-pyrrole nitrogens is 1. The highest BCUT2D eigenvalue weighted by molar-refractivity contribution is 6.18. The van der Waals surface area contributed by atoms with Gasteiger partial charge in [-0.3, -0.25) is 5.10 Å². The maximum Gasteiger partial charge on any atom is 0.136 e.